The molecule has 1 saturated heterocycles. The summed E-state index contributed by atoms with van der Waals surface area (Å²) in [5.41, 5.74) is 3.60. The number of aryl methyl sites for hydroxylation is 2. The second-order valence-corrected chi connectivity index (χ2v) is 13.2. The molecule has 53 heavy (non-hydrogen) atoms. The van der Waals surface area contributed by atoms with Gasteiger partial charge in [0.25, 0.3) is 0 Å². The van der Waals surface area contributed by atoms with Crippen molar-refractivity contribution in [2.45, 2.75) is 64.2 Å². The van der Waals surface area contributed by atoms with Gasteiger partial charge in [-0.05, 0) is 97.5 Å². The van der Waals surface area contributed by atoms with Gasteiger partial charge in [0.05, 0.1) is 19.3 Å². The van der Waals surface area contributed by atoms with Gasteiger partial charge in [-0.15, -0.1) is 0 Å². The number of ketones is 2. The van der Waals surface area contributed by atoms with Crippen LogP contribution in [0, 0.1) is 0 Å². The van der Waals surface area contributed by atoms with Gasteiger partial charge >= 0.3 is 23.9 Å². The molecule has 1 heterocycles. The van der Waals surface area contributed by atoms with E-state index in [9.17, 15) is 28.8 Å². The maximum absolute atomic E-state index is 11.4. The number of rotatable bonds is 8. The number of carbonyl (C=O) groups excluding carboxylic acids is 4. The SMILES string of the molecule is Clc1ccccc1.O=C(O)CCC(=O)c1ccc(Cl)cc1.O=C(O)CCCc1ccc(Cl)cc1.O=C1CCC(=O)O1.O=C1CCCc2ccc(Cl)cc21. The molecule has 2 N–H and O–H groups in total. The molecule has 1 aliphatic heterocycles. The zero-order chi connectivity index (χ0) is 39.2. The van der Waals surface area contributed by atoms with Crippen LogP contribution < -0.4 is 0 Å². The van der Waals surface area contributed by atoms with Gasteiger partial charge in [0.2, 0.25) is 0 Å². The van der Waals surface area contributed by atoms with Gasteiger partial charge in [-0.25, -0.2) is 0 Å². The molecule has 0 spiro atoms. The van der Waals surface area contributed by atoms with E-state index in [1.54, 1.807) is 30.3 Å². The van der Waals surface area contributed by atoms with Crippen molar-refractivity contribution in [2.24, 2.45) is 0 Å². The number of aliphatic carboxylic acids is 2. The van der Waals surface area contributed by atoms with Crippen LogP contribution in [0.25, 0.3) is 0 Å². The predicted octanol–water partition coefficient (Wildman–Crippen LogP) is 10.2. The van der Waals surface area contributed by atoms with E-state index in [1.165, 1.54) is 0 Å². The Kier molecular flexibility index (Phi) is 20.8. The first kappa shape index (κ1) is 44.6. The summed E-state index contributed by atoms with van der Waals surface area (Å²) < 4.78 is 4.08. The van der Waals surface area contributed by atoms with E-state index in [1.807, 2.05) is 66.7 Å². The smallest absolute Gasteiger partial charge is 0.314 e. The number of cyclic esters (lactones) is 2. The standard InChI is InChI=1S/C10H9ClO3.C10H11ClO2.C10H9ClO.C6H5Cl.C4H4O3/c11-8-3-1-7(2-4-8)9(12)5-6-10(13)14;11-9-6-4-8(5-7-9)2-1-3-10(12)13;11-8-5-4-7-2-1-3-10(12)9(7)6-8;7-6-4-2-1-3-5-6;5-3-1-2-4(6)7-3/h1-4H,5-6H2,(H,13,14);4-7H,1-3H2,(H,12,13);4-6H,1-3H2;1-5H;1-2H2. The van der Waals surface area contributed by atoms with E-state index in [0.29, 0.717) is 33.5 Å². The lowest BCUT2D eigenvalue weighted by molar-refractivity contribution is -0.152. The van der Waals surface area contributed by atoms with Crippen LogP contribution >= 0.6 is 46.4 Å². The summed E-state index contributed by atoms with van der Waals surface area (Å²) in [4.78, 5) is 63.2. The van der Waals surface area contributed by atoms with E-state index in [0.717, 1.165) is 41.0 Å². The Bertz CT molecular complexity index is 1800. The van der Waals surface area contributed by atoms with Crippen LogP contribution in [-0.4, -0.2) is 45.7 Å². The highest BCUT2D eigenvalue weighted by Crippen LogP contribution is 2.24. The van der Waals surface area contributed by atoms with Gasteiger partial charge in [0, 0.05) is 50.5 Å². The van der Waals surface area contributed by atoms with Crippen LogP contribution in [0.5, 0.6) is 0 Å². The van der Waals surface area contributed by atoms with Crippen molar-refractivity contribution in [3.8, 4) is 0 Å². The number of fused-ring (bicyclic) bond motifs is 1. The number of carboxylic acid groups (broad SMARTS) is 2. The minimum absolute atomic E-state index is 0.0248. The van der Waals surface area contributed by atoms with Gasteiger partial charge in [0.15, 0.2) is 11.6 Å². The summed E-state index contributed by atoms with van der Waals surface area (Å²) in [7, 11) is 0. The number of carbonyl (C=O) groups is 6. The Morgan fingerprint density at radius 3 is 1.60 bits per heavy atom. The second-order valence-electron chi connectivity index (χ2n) is 11.4. The minimum Gasteiger partial charge on any atom is -0.481 e. The molecule has 0 radical (unpaired) electrons. The molecule has 0 aromatic heterocycles. The zero-order valence-electron chi connectivity index (χ0n) is 28.6. The highest BCUT2D eigenvalue weighted by atomic mass is 35.5. The third-order valence-corrected chi connectivity index (χ3v) is 8.21. The van der Waals surface area contributed by atoms with Gasteiger partial charge in [-0.1, -0.05) is 82.8 Å². The molecule has 13 heteroatoms. The average Bonchev–Trinajstić information content (AvgIpc) is 3.52. The number of benzene rings is 4. The fourth-order valence-electron chi connectivity index (χ4n) is 4.54. The Balaban J connectivity index is 0.000000235. The van der Waals surface area contributed by atoms with Crippen molar-refractivity contribution in [1.29, 1.82) is 0 Å². The van der Waals surface area contributed by atoms with Gasteiger partial charge in [0.1, 0.15) is 0 Å². The topological polar surface area (TPSA) is 152 Å². The molecule has 4 aromatic carbocycles. The molecule has 0 amide bonds. The Morgan fingerprint density at radius 1 is 0.585 bits per heavy atom. The lowest BCUT2D eigenvalue weighted by Crippen LogP contribution is -2.10. The monoisotopic (exact) mass is 802 g/mol. The van der Waals surface area contributed by atoms with Crippen molar-refractivity contribution in [3.05, 3.63) is 139 Å². The Labute approximate surface area is 327 Å². The fraction of sp³-hybridized carbons (Fsp3) is 0.250. The van der Waals surface area contributed by atoms with E-state index in [-0.39, 0.29) is 43.7 Å². The summed E-state index contributed by atoms with van der Waals surface area (Å²) in [5, 5.41) is 19.5. The molecule has 1 aliphatic carbocycles. The van der Waals surface area contributed by atoms with Crippen LogP contribution in [0.2, 0.25) is 20.1 Å². The molecule has 9 nitrogen and oxygen atoms in total. The summed E-state index contributed by atoms with van der Waals surface area (Å²) in [6, 6.07) is 28.9. The first-order valence-electron chi connectivity index (χ1n) is 16.5. The molecule has 4 aromatic rings. The quantitative estimate of drug-likeness (QED) is 0.101. The molecule has 2 aliphatic rings. The maximum atomic E-state index is 11.4. The molecular weight excluding hydrogens is 766 g/mol. The van der Waals surface area contributed by atoms with E-state index < -0.39 is 23.9 Å². The van der Waals surface area contributed by atoms with E-state index in [2.05, 4.69) is 4.74 Å². The predicted molar refractivity (Wildman–Crippen MR) is 205 cm³/mol. The number of hydrogen-bond donors (Lipinski definition) is 2. The third kappa shape index (κ3) is 19.8. The number of Topliss-reactive ketones (excluding diaryl/α,β-unsaturated/α-hetero) is 2. The number of esters is 2. The van der Waals surface area contributed by atoms with Gasteiger partial charge in [-0.3, -0.25) is 28.8 Å². The van der Waals surface area contributed by atoms with Crippen LogP contribution in [0.1, 0.15) is 83.2 Å². The summed E-state index contributed by atoms with van der Waals surface area (Å²) in [6.45, 7) is 0. The third-order valence-electron chi connectivity index (χ3n) is 7.22. The number of carboxylic acids is 2. The van der Waals surface area contributed by atoms with Crippen molar-refractivity contribution in [2.75, 3.05) is 0 Å². The maximum Gasteiger partial charge on any atom is 0.314 e. The fourth-order valence-corrected chi connectivity index (χ4v) is 5.11. The molecule has 0 unspecified atom stereocenters. The lowest BCUT2D eigenvalue weighted by Gasteiger charge is -2.13. The molecule has 6 rings (SSSR count). The highest BCUT2D eigenvalue weighted by Gasteiger charge is 2.19. The molecular formula is C40H38Cl4O9. The van der Waals surface area contributed by atoms with Gasteiger partial charge in [-0.2, -0.15) is 0 Å². The number of halogens is 4. The Hall–Kier alpha value is -4.54. The minimum atomic E-state index is -0.965. The first-order chi connectivity index (χ1) is 25.2. The first-order valence-corrected chi connectivity index (χ1v) is 18.0. The van der Waals surface area contributed by atoms with E-state index >= 15 is 0 Å². The normalized spacial score (nSPS) is 12.4. The highest BCUT2D eigenvalue weighted by molar-refractivity contribution is 6.31. The lowest BCUT2D eigenvalue weighted by atomic mass is 9.91. The largest absolute Gasteiger partial charge is 0.481 e. The second kappa shape index (κ2) is 24.7. The zero-order valence-corrected chi connectivity index (χ0v) is 31.6. The van der Waals surface area contributed by atoms with Crippen molar-refractivity contribution < 1.29 is 43.7 Å². The van der Waals surface area contributed by atoms with E-state index in [4.69, 9.17) is 56.6 Å². The average molecular weight is 805 g/mol. The molecule has 280 valence electrons. The molecule has 0 saturated carbocycles. The van der Waals surface area contributed by atoms with Crippen molar-refractivity contribution in [1.82, 2.24) is 0 Å². The van der Waals surface area contributed by atoms with Crippen molar-refractivity contribution >= 4 is 81.8 Å². The number of ether oxygens (including phenoxy) is 1. The molecule has 1 fully saturated rings. The molecule has 0 atom stereocenters. The van der Waals surface area contributed by atoms with Gasteiger partial charge < -0.3 is 14.9 Å². The van der Waals surface area contributed by atoms with Crippen LogP contribution in [0.4, 0.5) is 0 Å². The summed E-state index contributed by atoms with van der Waals surface area (Å²) in [5.74, 6) is -2.45. The van der Waals surface area contributed by atoms with Crippen LogP contribution in [-0.2, 0) is 36.8 Å². The summed E-state index contributed by atoms with van der Waals surface area (Å²) >= 11 is 22.7. The number of hydrogen-bond acceptors (Lipinski definition) is 7. The van der Waals surface area contributed by atoms with Crippen LogP contribution in [0.15, 0.2) is 97.1 Å². The van der Waals surface area contributed by atoms with Crippen molar-refractivity contribution in [3.63, 3.8) is 0 Å². The van der Waals surface area contributed by atoms with Crippen LogP contribution in [0.3, 0.4) is 0 Å². The summed E-state index contributed by atoms with van der Waals surface area (Å²) in [6.07, 6.45) is 4.78. The Morgan fingerprint density at radius 2 is 1.11 bits per heavy atom. The molecule has 0 bridgehead atoms.